The maximum absolute atomic E-state index is 13.1. The van der Waals surface area contributed by atoms with E-state index in [-0.39, 0.29) is 24.5 Å². The SMILES string of the molecule is C=CC(=O)N1C2CCC1(COC(=O)N[C@@H](CCc1ccccc1)B(O)Oc1ccc(CC[C@H](N)B3OC(C)(C)C(C)(C)O3)cc1)CC2. The highest BCUT2D eigenvalue weighted by atomic mass is 16.7. The van der Waals surface area contributed by atoms with E-state index in [9.17, 15) is 14.6 Å². The highest BCUT2D eigenvalue weighted by Gasteiger charge is 2.54. The van der Waals surface area contributed by atoms with E-state index in [0.717, 1.165) is 43.2 Å². The predicted molar refractivity (Wildman–Crippen MR) is 182 cm³/mol. The Bertz CT molecular complexity index is 1370. The van der Waals surface area contributed by atoms with E-state index in [2.05, 4.69) is 11.9 Å². The van der Waals surface area contributed by atoms with Crippen LogP contribution >= 0.6 is 0 Å². The van der Waals surface area contributed by atoms with E-state index in [0.29, 0.717) is 25.0 Å². The lowest BCUT2D eigenvalue weighted by molar-refractivity contribution is -0.131. The molecule has 252 valence electrons. The van der Waals surface area contributed by atoms with E-state index < -0.39 is 43.0 Å². The fourth-order valence-corrected chi connectivity index (χ4v) is 6.89. The van der Waals surface area contributed by atoms with Gasteiger partial charge >= 0.3 is 20.3 Å². The molecule has 0 spiro atoms. The van der Waals surface area contributed by atoms with Crippen LogP contribution in [0.4, 0.5) is 4.79 Å². The molecule has 12 heteroatoms. The highest BCUT2D eigenvalue weighted by Crippen LogP contribution is 2.46. The lowest BCUT2D eigenvalue weighted by atomic mass is 9.75. The Morgan fingerprint density at radius 3 is 2.26 bits per heavy atom. The monoisotopic (exact) mass is 645 g/mol. The third-order valence-electron chi connectivity index (χ3n) is 10.4. The quantitative estimate of drug-likeness (QED) is 0.203. The minimum atomic E-state index is -1.33. The Morgan fingerprint density at radius 2 is 1.64 bits per heavy atom. The smallest absolute Gasteiger partial charge is 0.535 e. The number of nitrogens with zero attached hydrogens (tertiary/aromatic N) is 1. The third-order valence-corrected chi connectivity index (χ3v) is 10.4. The van der Waals surface area contributed by atoms with Crippen molar-refractivity contribution in [3.63, 3.8) is 0 Å². The molecule has 2 aromatic rings. The van der Waals surface area contributed by atoms with E-state index >= 15 is 0 Å². The Morgan fingerprint density at radius 1 is 1.04 bits per heavy atom. The van der Waals surface area contributed by atoms with Gasteiger partial charge in [-0.05, 0) is 108 Å². The van der Waals surface area contributed by atoms with Crippen LogP contribution < -0.4 is 15.7 Å². The average Bonchev–Trinajstić information content (AvgIpc) is 3.67. The Kier molecular flexibility index (Phi) is 10.8. The maximum atomic E-state index is 13.1. The van der Waals surface area contributed by atoms with Crippen LogP contribution in [0.3, 0.4) is 0 Å². The van der Waals surface area contributed by atoms with Crippen molar-refractivity contribution in [2.45, 2.75) is 114 Å². The van der Waals surface area contributed by atoms with E-state index in [1.165, 1.54) is 6.08 Å². The number of hydrogen-bond donors (Lipinski definition) is 3. The molecule has 2 aromatic carbocycles. The van der Waals surface area contributed by atoms with Crippen LogP contribution in [0.5, 0.6) is 5.75 Å². The molecule has 5 rings (SSSR count). The zero-order valence-electron chi connectivity index (χ0n) is 28.2. The second-order valence-corrected chi connectivity index (χ2v) is 14.2. The summed E-state index contributed by atoms with van der Waals surface area (Å²) in [5.74, 6) is -0.684. The lowest BCUT2D eigenvalue weighted by Crippen LogP contribution is -2.52. The third kappa shape index (κ3) is 8.05. The fraction of sp³-hybridized carbons (Fsp3) is 0.543. The topological polar surface area (TPSA) is 133 Å². The number of carbonyl (C=O) groups is 2. The van der Waals surface area contributed by atoms with Crippen molar-refractivity contribution in [1.29, 1.82) is 0 Å². The van der Waals surface area contributed by atoms with Gasteiger partial charge in [0, 0.05) is 12.0 Å². The average molecular weight is 645 g/mol. The first kappa shape index (κ1) is 35.0. The van der Waals surface area contributed by atoms with Gasteiger partial charge in [0.1, 0.15) is 12.4 Å². The normalized spacial score (nSPS) is 23.7. The Balaban J connectivity index is 1.16. The molecule has 10 nitrogen and oxygen atoms in total. The summed E-state index contributed by atoms with van der Waals surface area (Å²) in [4.78, 5) is 27.5. The van der Waals surface area contributed by atoms with Gasteiger partial charge < -0.3 is 39.7 Å². The molecule has 4 N–H and O–H groups in total. The molecule has 2 bridgehead atoms. The Hall–Kier alpha value is -3.31. The van der Waals surface area contributed by atoms with E-state index in [1.807, 2.05) is 75.1 Å². The molecule has 0 radical (unpaired) electrons. The van der Waals surface area contributed by atoms with Gasteiger partial charge in [0.2, 0.25) is 5.91 Å². The fourth-order valence-electron chi connectivity index (χ4n) is 6.89. The highest BCUT2D eigenvalue weighted by molar-refractivity contribution is 6.47. The molecule has 3 aliphatic rings. The molecular formula is C35H49B2N3O7. The zero-order valence-corrected chi connectivity index (χ0v) is 28.2. The van der Waals surface area contributed by atoms with Crippen LogP contribution in [0.25, 0.3) is 0 Å². The molecule has 3 saturated heterocycles. The molecule has 3 aliphatic heterocycles. The number of benzene rings is 2. The van der Waals surface area contributed by atoms with Crippen LogP contribution in [-0.2, 0) is 31.7 Å². The van der Waals surface area contributed by atoms with Gasteiger partial charge in [0.25, 0.3) is 0 Å². The maximum Gasteiger partial charge on any atom is 0.546 e. The standard InChI is InChI=1S/C35H49B2N3O7/c1-6-31(41)40-27-20-22-35(40,23-21-27)24-44-32(42)39-30(19-15-25-10-8-7-9-11-25)36(43)45-28-16-12-26(13-17-28)14-18-29(38)37-46-33(2,3)34(4,5)47-37/h6-13,16-17,27,29-30,43H,1,14-15,18-24,38H2,2-5H3,(H,39,42)/t27?,29-,30-,35?/m0/s1. The van der Waals surface area contributed by atoms with Gasteiger partial charge in [0.05, 0.1) is 22.7 Å². The summed E-state index contributed by atoms with van der Waals surface area (Å²) in [5, 5.41) is 14.0. The van der Waals surface area contributed by atoms with Crippen molar-refractivity contribution in [2.75, 3.05) is 6.61 Å². The number of aryl methyl sites for hydroxylation is 2. The number of fused-ring (bicyclic) bond motifs is 2. The summed E-state index contributed by atoms with van der Waals surface area (Å²) in [6, 6.07) is 17.5. The van der Waals surface area contributed by atoms with Crippen molar-refractivity contribution >= 4 is 26.2 Å². The molecular weight excluding hydrogens is 596 g/mol. The molecule has 2 atom stereocenters. The molecule has 0 aromatic heterocycles. The van der Waals surface area contributed by atoms with Gasteiger partial charge in [-0.1, -0.05) is 49.0 Å². The first-order valence-corrected chi connectivity index (χ1v) is 16.8. The number of ether oxygens (including phenoxy) is 1. The molecule has 0 saturated carbocycles. The molecule has 3 heterocycles. The minimum absolute atomic E-state index is 0.0942. The number of nitrogens with one attached hydrogen (secondary N) is 1. The number of alkyl carbamates (subject to hydrolysis) is 1. The van der Waals surface area contributed by atoms with Crippen LogP contribution in [0.1, 0.15) is 77.3 Å². The van der Waals surface area contributed by atoms with Crippen molar-refractivity contribution in [1.82, 2.24) is 10.2 Å². The number of nitrogens with two attached hydrogens (primary N) is 1. The molecule has 47 heavy (non-hydrogen) atoms. The largest absolute Gasteiger partial charge is 0.546 e. The summed E-state index contributed by atoms with van der Waals surface area (Å²) in [5.41, 5.74) is 7.21. The molecule has 2 amide bonds. The lowest BCUT2D eigenvalue weighted by Gasteiger charge is -2.34. The number of amides is 2. The van der Waals surface area contributed by atoms with Gasteiger partial charge in [-0.3, -0.25) is 4.79 Å². The summed E-state index contributed by atoms with van der Waals surface area (Å²) in [7, 11) is -1.79. The van der Waals surface area contributed by atoms with Crippen molar-refractivity contribution < 1.29 is 33.3 Å². The summed E-state index contributed by atoms with van der Waals surface area (Å²) in [6.45, 7) is 11.8. The summed E-state index contributed by atoms with van der Waals surface area (Å²) in [6.07, 6.45) is 6.45. The van der Waals surface area contributed by atoms with Crippen LogP contribution in [0.15, 0.2) is 67.3 Å². The first-order chi connectivity index (χ1) is 22.3. The van der Waals surface area contributed by atoms with E-state index in [4.69, 9.17) is 24.4 Å². The molecule has 3 fully saturated rings. The van der Waals surface area contributed by atoms with Gasteiger partial charge in [-0.15, -0.1) is 0 Å². The van der Waals surface area contributed by atoms with Gasteiger partial charge in [-0.25, -0.2) is 4.79 Å². The second kappa shape index (κ2) is 14.4. The van der Waals surface area contributed by atoms with Crippen molar-refractivity contribution in [3.05, 3.63) is 78.4 Å². The molecule has 0 unspecified atom stereocenters. The second-order valence-electron chi connectivity index (χ2n) is 14.2. The summed E-state index contributed by atoms with van der Waals surface area (Å²) < 4.78 is 23.8. The number of rotatable bonds is 14. The van der Waals surface area contributed by atoms with Crippen LogP contribution in [0, 0.1) is 0 Å². The van der Waals surface area contributed by atoms with Crippen molar-refractivity contribution in [3.8, 4) is 5.75 Å². The summed E-state index contributed by atoms with van der Waals surface area (Å²) >= 11 is 0. The van der Waals surface area contributed by atoms with Gasteiger partial charge in [0.15, 0.2) is 0 Å². The van der Waals surface area contributed by atoms with Crippen molar-refractivity contribution in [2.24, 2.45) is 5.73 Å². The predicted octanol–water partition coefficient (Wildman–Crippen LogP) is 4.41. The Labute approximate surface area is 279 Å². The van der Waals surface area contributed by atoms with Crippen LogP contribution in [-0.4, -0.2) is 77.4 Å². The van der Waals surface area contributed by atoms with Crippen LogP contribution in [0.2, 0.25) is 0 Å². The number of carbonyl (C=O) groups excluding carboxylic acids is 2. The zero-order chi connectivity index (χ0) is 33.8. The van der Waals surface area contributed by atoms with E-state index in [1.54, 1.807) is 12.1 Å². The van der Waals surface area contributed by atoms with Gasteiger partial charge in [-0.2, -0.15) is 0 Å². The number of hydrogen-bond acceptors (Lipinski definition) is 8. The molecule has 0 aliphatic carbocycles. The minimum Gasteiger partial charge on any atom is -0.535 e. The first-order valence-electron chi connectivity index (χ1n) is 16.8.